The van der Waals surface area contributed by atoms with E-state index < -0.39 is 41.4 Å². The fourth-order valence-electron chi connectivity index (χ4n) is 2.79. The molecule has 2 rings (SSSR count). The maximum absolute atomic E-state index is 13.8. The molecule has 154 valence electrons. The lowest BCUT2D eigenvalue weighted by molar-refractivity contribution is -0.131. The maximum atomic E-state index is 13.8. The van der Waals surface area contributed by atoms with Crippen molar-refractivity contribution < 1.29 is 26.7 Å². The topological polar surface area (TPSA) is 97.3 Å². The molecule has 2 unspecified atom stereocenters. The molecule has 0 bridgehead atoms. The molecule has 0 radical (unpaired) electrons. The lowest BCUT2D eigenvalue weighted by atomic mass is 10.0. The van der Waals surface area contributed by atoms with E-state index in [1.165, 1.54) is 11.0 Å². The number of carbonyl (C=O) groups excluding carboxylic acids is 1. The summed E-state index contributed by atoms with van der Waals surface area (Å²) in [5.74, 6) is -4.18. The molecule has 1 aromatic rings. The van der Waals surface area contributed by atoms with Gasteiger partial charge in [-0.15, -0.1) is 9.24 Å². The van der Waals surface area contributed by atoms with Crippen LogP contribution >= 0.6 is 9.24 Å². The number of benzene rings is 1. The number of halogens is 5. The zero-order valence-corrected chi connectivity index (χ0v) is 15.8. The Kier molecular flexibility index (Phi) is 6.71. The number of amidine groups is 2. The number of alkyl halides is 3. The van der Waals surface area contributed by atoms with Crippen molar-refractivity contribution in [1.29, 1.82) is 10.8 Å². The molecule has 12 heteroatoms. The number of carbonyl (C=O) groups is 1. The van der Waals surface area contributed by atoms with Gasteiger partial charge in [0.25, 0.3) is 0 Å². The molecule has 28 heavy (non-hydrogen) atoms. The summed E-state index contributed by atoms with van der Waals surface area (Å²) in [6, 6.07) is 1.21. The molecule has 2 atom stereocenters. The second-order valence-electron chi connectivity index (χ2n) is 6.39. The molecular formula is C16H19F5N5OP. The van der Waals surface area contributed by atoms with Gasteiger partial charge in [0.1, 0.15) is 17.5 Å². The van der Waals surface area contributed by atoms with Crippen LogP contribution in [0.15, 0.2) is 12.1 Å². The van der Waals surface area contributed by atoms with Crippen molar-refractivity contribution in [3.05, 3.63) is 29.3 Å². The highest BCUT2D eigenvalue weighted by Gasteiger charge is 2.41. The van der Waals surface area contributed by atoms with Crippen LogP contribution in [-0.4, -0.2) is 59.2 Å². The Labute approximate surface area is 160 Å². The quantitative estimate of drug-likeness (QED) is 0.296. The molecule has 1 heterocycles. The zero-order chi connectivity index (χ0) is 21.2. The molecule has 1 aromatic carbocycles. The van der Waals surface area contributed by atoms with Gasteiger partial charge in [-0.2, -0.15) is 13.2 Å². The summed E-state index contributed by atoms with van der Waals surface area (Å²) in [4.78, 5) is 14.0. The third kappa shape index (κ3) is 5.23. The first kappa shape index (κ1) is 22.2. The molecule has 0 spiro atoms. The summed E-state index contributed by atoms with van der Waals surface area (Å²) >= 11 is 0. The highest BCUT2D eigenvalue weighted by atomic mass is 31.0. The Morgan fingerprint density at radius 2 is 1.89 bits per heavy atom. The Balaban J connectivity index is 1.94. The van der Waals surface area contributed by atoms with E-state index in [1.54, 1.807) is 0 Å². The number of hydrogen-bond donors (Lipinski definition) is 3. The van der Waals surface area contributed by atoms with Gasteiger partial charge in [0, 0.05) is 36.9 Å². The normalized spacial score (nSPS) is 16.3. The summed E-state index contributed by atoms with van der Waals surface area (Å²) in [7, 11) is 2.12. The van der Waals surface area contributed by atoms with Gasteiger partial charge in [0.2, 0.25) is 11.7 Å². The first-order valence-corrected chi connectivity index (χ1v) is 8.75. The average Bonchev–Trinajstić information content (AvgIpc) is 2.58. The van der Waals surface area contributed by atoms with Crippen molar-refractivity contribution in [3.8, 4) is 0 Å². The van der Waals surface area contributed by atoms with E-state index in [4.69, 9.17) is 16.6 Å². The third-order valence-corrected chi connectivity index (χ3v) is 4.68. The Morgan fingerprint density at radius 1 is 1.25 bits per heavy atom. The average molecular weight is 423 g/mol. The highest BCUT2D eigenvalue weighted by Crippen LogP contribution is 2.21. The van der Waals surface area contributed by atoms with Crippen LogP contribution < -0.4 is 11.0 Å². The molecule has 4 N–H and O–H groups in total. The molecule has 0 aliphatic carbocycles. The molecular weight excluding hydrogens is 404 g/mol. The minimum atomic E-state index is -4.88. The van der Waals surface area contributed by atoms with Crippen LogP contribution in [-0.2, 0) is 11.2 Å². The molecule has 6 nitrogen and oxygen atoms in total. The molecule has 1 saturated heterocycles. The molecule has 0 aromatic heterocycles. The van der Waals surface area contributed by atoms with Crippen LogP contribution in [0.25, 0.3) is 0 Å². The van der Waals surface area contributed by atoms with E-state index in [1.807, 2.05) is 0 Å². The smallest absolute Gasteiger partial charge is 0.333 e. The fraction of sp³-hybridized carbons (Fsp3) is 0.438. The van der Waals surface area contributed by atoms with Crippen LogP contribution in [0.4, 0.5) is 22.0 Å². The molecule has 1 aliphatic rings. The second kappa shape index (κ2) is 8.48. The van der Waals surface area contributed by atoms with Gasteiger partial charge in [-0.25, -0.2) is 8.78 Å². The number of hydrogen-bond acceptors (Lipinski definition) is 4. The predicted molar refractivity (Wildman–Crippen MR) is 96.8 cm³/mol. The van der Waals surface area contributed by atoms with E-state index >= 15 is 0 Å². The van der Waals surface area contributed by atoms with E-state index in [2.05, 4.69) is 9.24 Å². The van der Waals surface area contributed by atoms with Crippen LogP contribution in [0.1, 0.15) is 12.0 Å². The second-order valence-corrected chi connectivity index (χ2v) is 7.02. The number of amides is 1. The van der Waals surface area contributed by atoms with Crippen molar-refractivity contribution in [1.82, 2.24) is 9.80 Å². The standard InChI is InChI=1S/C16H19F5N5OP/c17-10-6-11(18)12(28)4-8(10)3-9(22)5-14(27)25-1-2-26(13(23)7-25)15(24)16(19,20)21/h4,6,9,23-24H,1-3,5,7,22,28H2. The van der Waals surface area contributed by atoms with Crippen molar-refractivity contribution in [2.75, 3.05) is 19.6 Å². The first-order chi connectivity index (χ1) is 12.9. The zero-order valence-electron chi connectivity index (χ0n) is 14.6. The lowest BCUT2D eigenvalue weighted by Crippen LogP contribution is -2.56. The van der Waals surface area contributed by atoms with E-state index in [0.717, 1.165) is 6.07 Å². The van der Waals surface area contributed by atoms with Crippen molar-refractivity contribution in [2.24, 2.45) is 5.73 Å². The summed E-state index contributed by atoms with van der Waals surface area (Å²) < 4.78 is 64.9. The number of nitrogens with two attached hydrogens (primary N) is 1. The fourth-order valence-corrected chi connectivity index (χ4v) is 3.08. The maximum Gasteiger partial charge on any atom is 0.449 e. The van der Waals surface area contributed by atoms with Gasteiger partial charge in [-0.3, -0.25) is 15.6 Å². The predicted octanol–water partition coefficient (Wildman–Crippen LogP) is 1.39. The van der Waals surface area contributed by atoms with Gasteiger partial charge >= 0.3 is 6.18 Å². The summed E-state index contributed by atoms with van der Waals surface area (Å²) in [6.07, 6.45) is -5.13. The lowest BCUT2D eigenvalue weighted by Gasteiger charge is -2.37. The molecule has 1 amide bonds. The van der Waals surface area contributed by atoms with E-state index in [0.29, 0.717) is 4.90 Å². The molecule has 1 fully saturated rings. The van der Waals surface area contributed by atoms with Crippen molar-refractivity contribution in [2.45, 2.75) is 25.1 Å². The van der Waals surface area contributed by atoms with E-state index in [9.17, 15) is 26.7 Å². The Bertz CT molecular complexity index is 800. The third-order valence-electron chi connectivity index (χ3n) is 4.24. The van der Waals surface area contributed by atoms with Crippen molar-refractivity contribution >= 4 is 32.1 Å². The van der Waals surface area contributed by atoms with E-state index in [-0.39, 0.29) is 43.3 Å². The Morgan fingerprint density at radius 3 is 2.46 bits per heavy atom. The number of nitrogens with zero attached hydrogens (tertiary/aromatic N) is 2. The minimum absolute atomic E-state index is 0.0324. The van der Waals surface area contributed by atoms with Gasteiger partial charge in [0.05, 0.1) is 6.54 Å². The van der Waals surface area contributed by atoms with Gasteiger partial charge in [-0.05, 0) is 18.1 Å². The summed E-state index contributed by atoms with van der Waals surface area (Å²) in [5, 5.41) is 14.9. The largest absolute Gasteiger partial charge is 0.449 e. The van der Waals surface area contributed by atoms with Crippen LogP contribution in [0.5, 0.6) is 0 Å². The van der Waals surface area contributed by atoms with Gasteiger partial charge in [-0.1, -0.05) is 0 Å². The number of piperazine rings is 1. The minimum Gasteiger partial charge on any atom is -0.333 e. The van der Waals surface area contributed by atoms with Gasteiger partial charge < -0.3 is 15.5 Å². The van der Waals surface area contributed by atoms with Gasteiger partial charge in [0.15, 0.2) is 0 Å². The highest BCUT2D eigenvalue weighted by molar-refractivity contribution is 7.27. The summed E-state index contributed by atoms with van der Waals surface area (Å²) in [6.45, 7) is -0.821. The number of rotatable bonds is 4. The first-order valence-electron chi connectivity index (χ1n) is 8.17. The molecule has 1 aliphatic heterocycles. The summed E-state index contributed by atoms with van der Waals surface area (Å²) in [5.41, 5.74) is 6.02. The SMILES string of the molecule is N=C1CN(C(=O)CC(N)Cc2cc(P)c(F)cc2F)CCN1C(=N)C(F)(F)F. The molecule has 0 saturated carbocycles. The van der Waals surface area contributed by atoms with Crippen LogP contribution in [0.2, 0.25) is 0 Å². The monoisotopic (exact) mass is 423 g/mol. The van der Waals surface area contributed by atoms with Crippen LogP contribution in [0, 0.1) is 22.5 Å². The number of nitrogens with one attached hydrogen (secondary N) is 2. The van der Waals surface area contributed by atoms with Crippen LogP contribution in [0.3, 0.4) is 0 Å². The Hall–Kier alpha value is -2.13. The van der Waals surface area contributed by atoms with Crippen molar-refractivity contribution in [3.63, 3.8) is 0 Å².